The van der Waals surface area contributed by atoms with Gasteiger partial charge in [-0.2, -0.15) is 0 Å². The largest absolute Gasteiger partial charge is 0.544 e. The van der Waals surface area contributed by atoms with Crippen LogP contribution in [0, 0.1) is 0 Å². The van der Waals surface area contributed by atoms with Crippen LogP contribution >= 0.6 is 0 Å². The number of hydrogen-bond donors (Lipinski definition) is 11. The molecule has 3 saturated heterocycles. The summed E-state index contributed by atoms with van der Waals surface area (Å²) in [6, 6.07) is -2.62. The molecule has 3 aliphatic rings. The van der Waals surface area contributed by atoms with E-state index < -0.39 is 141 Å². The van der Waals surface area contributed by atoms with E-state index >= 15 is 0 Å². The molecule has 266 valence electrons. The van der Waals surface area contributed by atoms with Crippen molar-refractivity contribution in [3.8, 4) is 0 Å². The number of carbonyl (C=O) groups is 3. The molecule has 0 saturated carbocycles. The number of aliphatic hydroxyl groups excluding tert-OH is 9. The predicted molar refractivity (Wildman–Crippen MR) is 142 cm³/mol. The van der Waals surface area contributed by atoms with Gasteiger partial charge in [-0.25, -0.2) is 0 Å². The van der Waals surface area contributed by atoms with Crippen molar-refractivity contribution < 1.29 is 89.1 Å². The van der Waals surface area contributed by atoms with E-state index in [4.69, 9.17) is 23.7 Å². The van der Waals surface area contributed by atoms with Gasteiger partial charge in [0.05, 0.1) is 44.1 Å². The lowest BCUT2D eigenvalue weighted by molar-refractivity contribution is -0.410. The van der Waals surface area contributed by atoms with E-state index in [9.17, 15) is 65.4 Å². The number of nitrogens with one attached hydrogen (secondary N) is 2. The quantitative estimate of drug-likeness (QED) is 0.0917. The second-order valence-electron chi connectivity index (χ2n) is 11.5. The van der Waals surface area contributed by atoms with Crippen LogP contribution in [0.5, 0.6) is 0 Å². The molecule has 0 aromatic carbocycles. The number of carboxylic acid groups (broad SMARTS) is 1. The second-order valence-corrected chi connectivity index (χ2v) is 11.5. The van der Waals surface area contributed by atoms with E-state index in [1.54, 1.807) is 0 Å². The molecule has 16 atom stereocenters. The molecule has 0 aromatic rings. The summed E-state index contributed by atoms with van der Waals surface area (Å²) >= 11 is 0. The lowest BCUT2D eigenvalue weighted by Gasteiger charge is -2.52. The molecule has 0 aliphatic carbocycles. The van der Waals surface area contributed by atoms with Gasteiger partial charge in [-0.3, -0.25) is 9.59 Å². The first-order valence-electron chi connectivity index (χ1n) is 14.5. The van der Waals surface area contributed by atoms with Crippen LogP contribution in [0.4, 0.5) is 0 Å². The Morgan fingerprint density at radius 1 is 0.891 bits per heavy atom. The topological polar surface area (TPSA) is 327 Å². The molecule has 2 amide bonds. The molecule has 3 rings (SSSR count). The summed E-state index contributed by atoms with van der Waals surface area (Å²) in [6.45, 7) is 1.00. The first kappa shape index (κ1) is 38.3. The van der Waals surface area contributed by atoms with Crippen molar-refractivity contribution in [1.82, 2.24) is 10.6 Å². The van der Waals surface area contributed by atoms with E-state index in [1.807, 2.05) is 0 Å². The van der Waals surface area contributed by atoms with Crippen molar-refractivity contribution in [2.75, 3.05) is 19.8 Å². The minimum atomic E-state index is -3.11. The summed E-state index contributed by atoms with van der Waals surface area (Å²) in [6.07, 6.45) is -24.0. The van der Waals surface area contributed by atoms with E-state index in [0.29, 0.717) is 0 Å². The summed E-state index contributed by atoms with van der Waals surface area (Å²) in [7, 11) is 0. The Hall–Kier alpha value is -2.15. The average Bonchev–Trinajstić information content (AvgIpc) is 2.99. The van der Waals surface area contributed by atoms with Crippen LogP contribution in [0.15, 0.2) is 0 Å². The Morgan fingerprint density at radius 2 is 1.48 bits per heavy atom. The third-order valence-electron chi connectivity index (χ3n) is 8.13. The maximum absolute atomic E-state index is 12.5. The van der Waals surface area contributed by atoms with Gasteiger partial charge in [-0.1, -0.05) is 0 Å². The summed E-state index contributed by atoms with van der Waals surface area (Å²) < 4.78 is 27.9. The van der Waals surface area contributed by atoms with Crippen LogP contribution in [-0.4, -0.2) is 181 Å². The van der Waals surface area contributed by atoms with Crippen LogP contribution in [0.25, 0.3) is 0 Å². The van der Waals surface area contributed by atoms with Gasteiger partial charge < -0.3 is 90.2 Å². The molecule has 1 unspecified atom stereocenters. The molecule has 0 spiro atoms. The summed E-state index contributed by atoms with van der Waals surface area (Å²) in [5.74, 6) is -6.60. The van der Waals surface area contributed by atoms with Crippen LogP contribution < -0.4 is 15.7 Å². The third-order valence-corrected chi connectivity index (χ3v) is 8.13. The average molecular weight is 672 g/mol. The predicted octanol–water partition coefficient (Wildman–Crippen LogP) is -8.34. The molecule has 0 bridgehead atoms. The molecule has 11 N–H and O–H groups in total. The van der Waals surface area contributed by atoms with Crippen molar-refractivity contribution in [3.63, 3.8) is 0 Å². The Kier molecular flexibility index (Phi) is 13.2. The van der Waals surface area contributed by atoms with Crippen molar-refractivity contribution in [1.29, 1.82) is 0 Å². The number of ether oxygens (including phenoxy) is 5. The zero-order valence-electron chi connectivity index (χ0n) is 25.2. The summed E-state index contributed by atoms with van der Waals surface area (Å²) in [5.41, 5.74) is 0. The summed E-state index contributed by atoms with van der Waals surface area (Å²) in [4.78, 5) is 36.0. The van der Waals surface area contributed by atoms with E-state index in [2.05, 4.69) is 10.6 Å². The van der Waals surface area contributed by atoms with Crippen LogP contribution in [0.3, 0.4) is 0 Å². The van der Waals surface area contributed by atoms with Gasteiger partial charge in [-0.05, 0) is 6.92 Å². The SMILES string of the molecule is CC(=O)N[C@H]1[C@H]([C@H](O)[C@H](O)CO)O[C@@](O[C@H]2[C@@H](O)[C@@H](CO)O[C@@H](O[C@H]3[C@H](O)[C@@H](NC(C)=O)C(C)O[C@@H]3CO)[C@@H]2O)(C(=O)[O-])C[C@@H]1O. The summed E-state index contributed by atoms with van der Waals surface area (Å²) in [5, 5.41) is 111. The molecule has 46 heavy (non-hydrogen) atoms. The first-order chi connectivity index (χ1) is 21.5. The van der Waals surface area contributed by atoms with Gasteiger partial charge in [-0.15, -0.1) is 0 Å². The van der Waals surface area contributed by atoms with E-state index in [0.717, 1.165) is 6.92 Å². The van der Waals surface area contributed by atoms with Crippen molar-refractivity contribution in [2.45, 2.75) is 125 Å². The lowest BCUT2D eigenvalue weighted by Crippen LogP contribution is -2.72. The van der Waals surface area contributed by atoms with E-state index in [1.165, 1.54) is 13.8 Å². The van der Waals surface area contributed by atoms with Crippen molar-refractivity contribution in [2.24, 2.45) is 0 Å². The minimum Gasteiger partial charge on any atom is -0.544 e. The van der Waals surface area contributed by atoms with Crippen molar-refractivity contribution in [3.05, 3.63) is 0 Å². The number of hydrogen-bond acceptors (Lipinski definition) is 18. The van der Waals surface area contributed by atoms with Gasteiger partial charge in [0.2, 0.25) is 17.6 Å². The number of amides is 2. The molecule has 20 heteroatoms. The molecule has 20 nitrogen and oxygen atoms in total. The van der Waals surface area contributed by atoms with Gasteiger partial charge in [0.25, 0.3) is 0 Å². The smallest absolute Gasteiger partial charge is 0.217 e. The molecule has 0 radical (unpaired) electrons. The Morgan fingerprint density at radius 3 is 2.00 bits per heavy atom. The van der Waals surface area contributed by atoms with Crippen LogP contribution in [-0.2, 0) is 38.1 Å². The fraction of sp³-hybridized carbons (Fsp3) is 0.885. The fourth-order valence-electron chi connectivity index (χ4n) is 5.81. The molecular weight excluding hydrogens is 628 g/mol. The fourth-order valence-corrected chi connectivity index (χ4v) is 5.81. The molecule has 0 aromatic heterocycles. The normalized spacial score (nSPS) is 42.9. The Labute approximate surface area is 262 Å². The highest BCUT2D eigenvalue weighted by molar-refractivity contribution is 5.75. The zero-order chi connectivity index (χ0) is 34.7. The number of carbonyl (C=O) groups excluding carboxylic acids is 3. The molecule has 3 fully saturated rings. The van der Waals surface area contributed by atoms with Gasteiger partial charge in [0.15, 0.2) is 6.29 Å². The highest BCUT2D eigenvalue weighted by atomic mass is 16.8. The molecule has 3 heterocycles. The second kappa shape index (κ2) is 15.8. The maximum Gasteiger partial charge on any atom is 0.217 e. The standard InChI is InChI=1S/C26H44N2O18/c1-8-15(27-9(2)32)19(38)21(14(7-31)42-8)44-24-20(39)23(18(37)13(6-30)43-24)46-26(25(40)41)4-11(34)16(28-10(3)33)22(45-26)17(36)12(35)5-29/h8,11-24,29-31,34-39H,4-7H2,1-3H3,(H,27,32)(H,28,33)(H,40,41)/p-1/t8?,11-,12+,13+,14+,15-,16+,17+,18-,19+,20+,21+,22+,23-,24-,26-/m0/s1. The van der Waals surface area contributed by atoms with Gasteiger partial charge in [0.1, 0.15) is 67.0 Å². The van der Waals surface area contributed by atoms with Crippen molar-refractivity contribution >= 4 is 17.8 Å². The molecular formula is C26H43N2O18-. The zero-order valence-corrected chi connectivity index (χ0v) is 25.2. The van der Waals surface area contributed by atoms with Crippen LogP contribution in [0.1, 0.15) is 27.2 Å². The highest BCUT2D eigenvalue weighted by Gasteiger charge is 2.57. The Balaban J connectivity index is 1.95. The molecule has 3 aliphatic heterocycles. The highest BCUT2D eigenvalue weighted by Crippen LogP contribution is 2.38. The minimum absolute atomic E-state index is 0.538. The van der Waals surface area contributed by atoms with Gasteiger partial charge >= 0.3 is 0 Å². The number of aliphatic carboxylic acids is 1. The van der Waals surface area contributed by atoms with Gasteiger partial charge in [0, 0.05) is 20.3 Å². The lowest BCUT2D eigenvalue weighted by atomic mass is 9.88. The van der Waals surface area contributed by atoms with Crippen LogP contribution in [0.2, 0.25) is 0 Å². The monoisotopic (exact) mass is 671 g/mol. The number of aliphatic hydroxyl groups is 9. The van der Waals surface area contributed by atoms with E-state index in [-0.39, 0.29) is 0 Å². The Bertz CT molecular complexity index is 1050. The number of rotatable bonds is 12. The number of carboxylic acids is 1. The maximum atomic E-state index is 12.5. The first-order valence-corrected chi connectivity index (χ1v) is 14.5. The third kappa shape index (κ3) is 8.10.